The highest BCUT2D eigenvalue weighted by atomic mass is 16.3. The number of rotatable bonds is 2. The first kappa shape index (κ1) is 9.26. The van der Waals surface area contributed by atoms with E-state index in [1.165, 1.54) is 0 Å². The molecule has 12 heavy (non-hydrogen) atoms. The van der Waals surface area contributed by atoms with Gasteiger partial charge in [0.15, 0.2) is 0 Å². The molecule has 0 fully saturated rings. The monoisotopic (exact) mass is 168 g/mol. The van der Waals surface area contributed by atoms with Crippen LogP contribution < -0.4 is 0 Å². The lowest BCUT2D eigenvalue weighted by atomic mass is 10.0. The molecule has 1 heterocycles. The topological polar surface area (TPSA) is 38.0 Å². The van der Waals surface area contributed by atoms with Crippen LogP contribution in [0.1, 0.15) is 39.3 Å². The Labute approximate surface area is 73.0 Å². The molecule has 1 N–H and O–H groups in total. The summed E-state index contributed by atoms with van der Waals surface area (Å²) in [5, 5.41) is 13.8. The predicted molar refractivity (Wildman–Crippen MR) is 47.9 cm³/mol. The molecule has 0 aliphatic carbocycles. The summed E-state index contributed by atoms with van der Waals surface area (Å²) in [6.45, 7) is 7.63. The molecular weight excluding hydrogens is 152 g/mol. The lowest BCUT2D eigenvalue weighted by molar-refractivity contribution is 0.0784. The number of aromatic nitrogens is 2. The van der Waals surface area contributed by atoms with Crippen LogP contribution in [-0.2, 0) is 5.60 Å². The van der Waals surface area contributed by atoms with Gasteiger partial charge < -0.3 is 5.11 Å². The zero-order valence-electron chi connectivity index (χ0n) is 8.07. The standard InChI is InChI=1S/C9H16N2O/c1-7(2)11-6-8(5-10-11)9(3,4)12/h5-7,12H,1-4H3. The third kappa shape index (κ3) is 1.85. The number of nitrogens with zero attached hydrogens (tertiary/aromatic N) is 2. The smallest absolute Gasteiger partial charge is 0.0870 e. The Bertz CT molecular complexity index is 258. The summed E-state index contributed by atoms with van der Waals surface area (Å²) in [5.74, 6) is 0. The maximum Gasteiger partial charge on any atom is 0.0870 e. The Hall–Kier alpha value is -0.830. The van der Waals surface area contributed by atoms with Crippen molar-refractivity contribution in [3.63, 3.8) is 0 Å². The van der Waals surface area contributed by atoms with Crippen LogP contribution in [0.3, 0.4) is 0 Å². The molecule has 1 aromatic rings. The van der Waals surface area contributed by atoms with E-state index in [1.54, 1.807) is 20.0 Å². The molecule has 0 saturated carbocycles. The largest absolute Gasteiger partial charge is 0.386 e. The maximum absolute atomic E-state index is 9.63. The molecule has 68 valence electrons. The van der Waals surface area contributed by atoms with E-state index in [1.807, 2.05) is 10.9 Å². The first-order chi connectivity index (χ1) is 5.41. The Kier molecular flexibility index (Phi) is 2.24. The molecule has 0 aliphatic rings. The van der Waals surface area contributed by atoms with Gasteiger partial charge in [-0.15, -0.1) is 0 Å². The van der Waals surface area contributed by atoms with E-state index in [2.05, 4.69) is 18.9 Å². The van der Waals surface area contributed by atoms with Gasteiger partial charge in [-0.3, -0.25) is 4.68 Å². The van der Waals surface area contributed by atoms with Crippen molar-refractivity contribution >= 4 is 0 Å². The van der Waals surface area contributed by atoms with Crippen molar-refractivity contribution in [3.8, 4) is 0 Å². The van der Waals surface area contributed by atoms with Gasteiger partial charge in [0.2, 0.25) is 0 Å². The molecule has 0 saturated heterocycles. The lowest BCUT2D eigenvalue weighted by Gasteiger charge is -2.14. The van der Waals surface area contributed by atoms with Crippen molar-refractivity contribution in [2.24, 2.45) is 0 Å². The van der Waals surface area contributed by atoms with Crippen LogP contribution in [0.25, 0.3) is 0 Å². The number of hydrogen-bond donors (Lipinski definition) is 1. The van der Waals surface area contributed by atoms with E-state index < -0.39 is 5.60 Å². The van der Waals surface area contributed by atoms with Gasteiger partial charge in [-0.05, 0) is 27.7 Å². The van der Waals surface area contributed by atoms with Gasteiger partial charge in [-0.1, -0.05) is 0 Å². The molecule has 3 nitrogen and oxygen atoms in total. The highest BCUT2D eigenvalue weighted by molar-refractivity contribution is 5.12. The van der Waals surface area contributed by atoms with E-state index in [9.17, 15) is 5.11 Å². The van der Waals surface area contributed by atoms with Gasteiger partial charge in [-0.2, -0.15) is 5.10 Å². The zero-order valence-corrected chi connectivity index (χ0v) is 8.07. The molecule has 1 rings (SSSR count). The average molecular weight is 168 g/mol. The average Bonchev–Trinajstić information content (AvgIpc) is 2.30. The predicted octanol–water partition coefficient (Wildman–Crippen LogP) is 1.69. The first-order valence-corrected chi connectivity index (χ1v) is 4.18. The Morgan fingerprint density at radius 3 is 2.33 bits per heavy atom. The molecule has 1 aromatic heterocycles. The summed E-state index contributed by atoms with van der Waals surface area (Å²) in [4.78, 5) is 0. The van der Waals surface area contributed by atoms with Crippen LogP contribution in [0.15, 0.2) is 12.4 Å². The second kappa shape index (κ2) is 2.90. The molecule has 0 radical (unpaired) electrons. The van der Waals surface area contributed by atoms with Gasteiger partial charge in [0.25, 0.3) is 0 Å². The van der Waals surface area contributed by atoms with Crippen molar-refractivity contribution < 1.29 is 5.11 Å². The van der Waals surface area contributed by atoms with Gasteiger partial charge >= 0.3 is 0 Å². The zero-order chi connectivity index (χ0) is 9.35. The highest BCUT2D eigenvalue weighted by Gasteiger charge is 2.18. The molecule has 0 atom stereocenters. The fourth-order valence-corrected chi connectivity index (χ4v) is 0.936. The van der Waals surface area contributed by atoms with Crippen molar-refractivity contribution in [2.45, 2.75) is 39.3 Å². The molecular formula is C9H16N2O. The van der Waals surface area contributed by atoms with E-state index in [0.717, 1.165) is 5.56 Å². The van der Waals surface area contributed by atoms with Crippen molar-refractivity contribution in [1.82, 2.24) is 9.78 Å². The maximum atomic E-state index is 9.63. The van der Waals surface area contributed by atoms with Crippen LogP contribution in [0.5, 0.6) is 0 Å². The SMILES string of the molecule is CC(C)n1cc(C(C)(C)O)cn1. The Morgan fingerprint density at radius 1 is 1.50 bits per heavy atom. The van der Waals surface area contributed by atoms with Crippen molar-refractivity contribution in [3.05, 3.63) is 18.0 Å². The van der Waals surface area contributed by atoms with Crippen LogP contribution in [0, 0.1) is 0 Å². The molecule has 3 heteroatoms. The molecule has 0 bridgehead atoms. The van der Waals surface area contributed by atoms with Crippen molar-refractivity contribution in [1.29, 1.82) is 0 Å². The van der Waals surface area contributed by atoms with Gasteiger partial charge in [0, 0.05) is 17.8 Å². The van der Waals surface area contributed by atoms with Crippen LogP contribution >= 0.6 is 0 Å². The summed E-state index contributed by atoms with van der Waals surface area (Å²) in [7, 11) is 0. The molecule has 0 aliphatic heterocycles. The fourth-order valence-electron chi connectivity index (χ4n) is 0.936. The summed E-state index contributed by atoms with van der Waals surface area (Å²) in [6.07, 6.45) is 3.59. The quantitative estimate of drug-likeness (QED) is 0.729. The van der Waals surface area contributed by atoms with E-state index in [-0.39, 0.29) is 0 Å². The van der Waals surface area contributed by atoms with Crippen LogP contribution in [0.4, 0.5) is 0 Å². The molecule has 0 aromatic carbocycles. The fraction of sp³-hybridized carbons (Fsp3) is 0.667. The molecule has 0 spiro atoms. The number of hydrogen-bond acceptors (Lipinski definition) is 2. The third-order valence-electron chi connectivity index (χ3n) is 1.84. The molecule has 0 unspecified atom stereocenters. The highest BCUT2D eigenvalue weighted by Crippen LogP contribution is 2.19. The van der Waals surface area contributed by atoms with E-state index in [4.69, 9.17) is 0 Å². The van der Waals surface area contributed by atoms with Gasteiger partial charge in [0.05, 0.1) is 11.8 Å². The lowest BCUT2D eigenvalue weighted by Crippen LogP contribution is -2.14. The van der Waals surface area contributed by atoms with E-state index >= 15 is 0 Å². The van der Waals surface area contributed by atoms with Crippen LogP contribution in [-0.4, -0.2) is 14.9 Å². The summed E-state index contributed by atoms with van der Waals surface area (Å²) < 4.78 is 1.84. The summed E-state index contributed by atoms with van der Waals surface area (Å²) in [5.41, 5.74) is 0.0730. The van der Waals surface area contributed by atoms with Gasteiger partial charge in [-0.25, -0.2) is 0 Å². The second-order valence-electron chi connectivity index (χ2n) is 3.86. The summed E-state index contributed by atoms with van der Waals surface area (Å²) in [6, 6.07) is 0.348. The first-order valence-electron chi connectivity index (χ1n) is 4.18. The summed E-state index contributed by atoms with van der Waals surface area (Å²) >= 11 is 0. The van der Waals surface area contributed by atoms with E-state index in [0.29, 0.717) is 6.04 Å². The normalized spacial score (nSPS) is 12.5. The number of aliphatic hydroxyl groups is 1. The second-order valence-corrected chi connectivity index (χ2v) is 3.86. The minimum absolute atomic E-state index is 0.348. The Balaban J connectivity index is 2.92. The third-order valence-corrected chi connectivity index (χ3v) is 1.84. The van der Waals surface area contributed by atoms with Crippen LogP contribution in [0.2, 0.25) is 0 Å². The Morgan fingerprint density at radius 2 is 2.08 bits per heavy atom. The minimum Gasteiger partial charge on any atom is -0.386 e. The molecule has 0 amide bonds. The minimum atomic E-state index is -0.785. The van der Waals surface area contributed by atoms with Gasteiger partial charge in [0.1, 0.15) is 0 Å². The van der Waals surface area contributed by atoms with Crippen molar-refractivity contribution in [2.75, 3.05) is 0 Å².